The number of carboxylic acid groups (broad SMARTS) is 1. The standard InChI is InChI=1S/C13H15N3O4/c1-20-11(13(18)19)6-14-12(17)7-16-8-15-9-4-2-3-5-10(9)16/h2-5,8,11H,6-7H2,1H3,(H,14,17)(H,18,19). The van der Waals surface area contributed by atoms with Gasteiger partial charge in [0, 0.05) is 7.11 Å². The number of carboxylic acids is 1. The third kappa shape index (κ3) is 3.12. The molecule has 0 fully saturated rings. The summed E-state index contributed by atoms with van der Waals surface area (Å²) < 4.78 is 6.44. The van der Waals surface area contributed by atoms with Crippen LogP contribution in [-0.4, -0.2) is 46.3 Å². The van der Waals surface area contributed by atoms with Crippen molar-refractivity contribution < 1.29 is 19.4 Å². The molecule has 0 aliphatic carbocycles. The number of benzene rings is 1. The predicted molar refractivity (Wildman–Crippen MR) is 71.2 cm³/mol. The van der Waals surface area contributed by atoms with Gasteiger partial charge >= 0.3 is 5.97 Å². The second kappa shape index (κ2) is 6.16. The molecule has 1 unspecified atom stereocenters. The van der Waals surface area contributed by atoms with E-state index in [1.807, 2.05) is 24.3 Å². The molecule has 2 aromatic rings. The second-order valence-electron chi connectivity index (χ2n) is 4.23. The number of ether oxygens (including phenoxy) is 1. The number of imidazole rings is 1. The van der Waals surface area contributed by atoms with Crippen molar-refractivity contribution in [1.29, 1.82) is 0 Å². The van der Waals surface area contributed by atoms with E-state index >= 15 is 0 Å². The second-order valence-corrected chi connectivity index (χ2v) is 4.23. The first-order valence-electron chi connectivity index (χ1n) is 6.04. The first-order valence-corrected chi connectivity index (χ1v) is 6.04. The van der Waals surface area contributed by atoms with Gasteiger partial charge in [0.1, 0.15) is 6.54 Å². The molecule has 2 rings (SSSR count). The van der Waals surface area contributed by atoms with Crippen LogP contribution in [0.4, 0.5) is 0 Å². The SMILES string of the molecule is COC(CNC(=O)Cn1cnc2ccccc21)C(=O)O. The molecule has 0 bridgehead atoms. The quantitative estimate of drug-likeness (QED) is 0.789. The zero-order valence-corrected chi connectivity index (χ0v) is 10.9. The molecule has 1 amide bonds. The van der Waals surface area contributed by atoms with E-state index in [0.717, 1.165) is 11.0 Å². The van der Waals surface area contributed by atoms with Gasteiger partial charge in [-0.25, -0.2) is 9.78 Å². The summed E-state index contributed by atoms with van der Waals surface area (Å²) in [6, 6.07) is 7.46. The Morgan fingerprint density at radius 3 is 2.90 bits per heavy atom. The number of amides is 1. The summed E-state index contributed by atoms with van der Waals surface area (Å²) in [6.45, 7) is 0.00780. The van der Waals surface area contributed by atoms with Crippen molar-refractivity contribution in [2.75, 3.05) is 13.7 Å². The Balaban J connectivity index is 1.96. The van der Waals surface area contributed by atoms with Crippen molar-refractivity contribution in [3.8, 4) is 0 Å². The van der Waals surface area contributed by atoms with Gasteiger partial charge in [-0.2, -0.15) is 0 Å². The molecular formula is C13H15N3O4. The molecule has 2 N–H and O–H groups in total. The molecular weight excluding hydrogens is 262 g/mol. The van der Waals surface area contributed by atoms with Crippen LogP contribution in [0.2, 0.25) is 0 Å². The van der Waals surface area contributed by atoms with Crippen LogP contribution in [0.3, 0.4) is 0 Å². The minimum absolute atomic E-state index is 0.0721. The number of para-hydroxylation sites is 2. The van der Waals surface area contributed by atoms with E-state index in [9.17, 15) is 9.59 Å². The summed E-state index contributed by atoms with van der Waals surface area (Å²) in [7, 11) is 1.29. The number of nitrogens with one attached hydrogen (secondary N) is 1. The number of hydrogen-bond donors (Lipinski definition) is 2. The number of carbonyl (C=O) groups excluding carboxylic acids is 1. The van der Waals surface area contributed by atoms with E-state index in [2.05, 4.69) is 10.3 Å². The van der Waals surface area contributed by atoms with Crippen molar-refractivity contribution in [1.82, 2.24) is 14.9 Å². The highest BCUT2D eigenvalue weighted by Crippen LogP contribution is 2.11. The van der Waals surface area contributed by atoms with Gasteiger partial charge in [0.2, 0.25) is 5.91 Å². The zero-order chi connectivity index (χ0) is 14.5. The van der Waals surface area contributed by atoms with Crippen LogP contribution in [0, 0.1) is 0 Å². The van der Waals surface area contributed by atoms with Crippen molar-refractivity contribution in [3.05, 3.63) is 30.6 Å². The molecule has 1 aromatic heterocycles. The number of rotatable bonds is 6. The fraction of sp³-hybridized carbons (Fsp3) is 0.308. The molecule has 0 spiro atoms. The van der Waals surface area contributed by atoms with Crippen LogP contribution in [0.25, 0.3) is 11.0 Å². The molecule has 7 nitrogen and oxygen atoms in total. The van der Waals surface area contributed by atoms with Crippen LogP contribution in [0.1, 0.15) is 0 Å². The predicted octanol–water partition coefficient (Wildman–Crippen LogP) is 0.252. The number of hydrogen-bond acceptors (Lipinski definition) is 4. The molecule has 7 heteroatoms. The lowest BCUT2D eigenvalue weighted by Crippen LogP contribution is -2.39. The van der Waals surface area contributed by atoms with Crippen molar-refractivity contribution in [3.63, 3.8) is 0 Å². The maximum atomic E-state index is 11.8. The molecule has 0 saturated heterocycles. The minimum atomic E-state index is -1.11. The molecule has 20 heavy (non-hydrogen) atoms. The highest BCUT2D eigenvalue weighted by Gasteiger charge is 2.17. The van der Waals surface area contributed by atoms with E-state index in [1.54, 1.807) is 10.9 Å². The largest absolute Gasteiger partial charge is 0.479 e. The Kier molecular flexibility index (Phi) is 4.31. The van der Waals surface area contributed by atoms with Crippen LogP contribution in [0.5, 0.6) is 0 Å². The van der Waals surface area contributed by atoms with Gasteiger partial charge < -0.3 is 19.7 Å². The molecule has 1 aromatic carbocycles. The monoisotopic (exact) mass is 277 g/mol. The highest BCUT2D eigenvalue weighted by atomic mass is 16.5. The Hall–Kier alpha value is -2.41. The first-order chi connectivity index (χ1) is 9.61. The van der Waals surface area contributed by atoms with Gasteiger partial charge in [-0.1, -0.05) is 12.1 Å². The maximum absolute atomic E-state index is 11.8. The summed E-state index contributed by atoms with van der Waals surface area (Å²) >= 11 is 0. The van der Waals surface area contributed by atoms with Crippen molar-refractivity contribution in [2.24, 2.45) is 0 Å². The van der Waals surface area contributed by atoms with Gasteiger partial charge in [-0.15, -0.1) is 0 Å². The van der Waals surface area contributed by atoms with E-state index in [-0.39, 0.29) is 19.0 Å². The number of methoxy groups -OCH3 is 1. The van der Waals surface area contributed by atoms with Crippen LogP contribution < -0.4 is 5.32 Å². The average Bonchev–Trinajstić information content (AvgIpc) is 2.82. The van der Waals surface area contributed by atoms with Crippen LogP contribution >= 0.6 is 0 Å². The van der Waals surface area contributed by atoms with E-state index in [4.69, 9.17) is 9.84 Å². The van der Waals surface area contributed by atoms with Gasteiger partial charge in [-0.3, -0.25) is 4.79 Å². The lowest BCUT2D eigenvalue weighted by molar-refractivity contribution is -0.148. The van der Waals surface area contributed by atoms with E-state index in [0.29, 0.717) is 0 Å². The third-order valence-electron chi connectivity index (χ3n) is 2.89. The van der Waals surface area contributed by atoms with Crippen molar-refractivity contribution >= 4 is 22.9 Å². The summed E-state index contributed by atoms with van der Waals surface area (Å²) in [5.41, 5.74) is 1.66. The molecule has 106 valence electrons. The Morgan fingerprint density at radius 1 is 1.45 bits per heavy atom. The zero-order valence-electron chi connectivity index (χ0n) is 10.9. The molecule has 0 radical (unpaired) electrons. The van der Waals surface area contributed by atoms with Crippen molar-refractivity contribution in [2.45, 2.75) is 12.6 Å². The fourth-order valence-corrected chi connectivity index (χ4v) is 1.82. The third-order valence-corrected chi connectivity index (χ3v) is 2.89. The van der Waals surface area contributed by atoms with Gasteiger partial charge in [0.25, 0.3) is 0 Å². The Bertz CT molecular complexity index is 623. The molecule has 1 atom stereocenters. The fourth-order valence-electron chi connectivity index (χ4n) is 1.82. The lowest BCUT2D eigenvalue weighted by atomic mass is 10.3. The number of fused-ring (bicyclic) bond motifs is 1. The number of aromatic nitrogens is 2. The van der Waals surface area contributed by atoms with E-state index in [1.165, 1.54) is 7.11 Å². The summed E-state index contributed by atoms with van der Waals surface area (Å²) in [4.78, 5) is 26.7. The highest BCUT2D eigenvalue weighted by molar-refractivity contribution is 5.81. The molecule has 1 heterocycles. The van der Waals surface area contributed by atoms with Crippen LogP contribution in [-0.2, 0) is 20.9 Å². The minimum Gasteiger partial charge on any atom is -0.479 e. The average molecular weight is 277 g/mol. The molecule has 0 saturated carbocycles. The smallest absolute Gasteiger partial charge is 0.334 e. The summed E-state index contributed by atoms with van der Waals surface area (Å²) in [5, 5.41) is 11.3. The van der Waals surface area contributed by atoms with E-state index < -0.39 is 12.1 Å². The molecule has 0 aliphatic heterocycles. The summed E-state index contributed by atoms with van der Waals surface area (Å²) in [6.07, 6.45) is 0.536. The van der Waals surface area contributed by atoms with Gasteiger partial charge in [0.05, 0.1) is 23.9 Å². The number of carbonyl (C=O) groups is 2. The topological polar surface area (TPSA) is 93.5 Å². The lowest BCUT2D eigenvalue weighted by Gasteiger charge is -2.11. The molecule has 0 aliphatic rings. The Labute approximate surface area is 115 Å². The van der Waals surface area contributed by atoms with Crippen LogP contribution in [0.15, 0.2) is 30.6 Å². The van der Waals surface area contributed by atoms with Gasteiger partial charge in [-0.05, 0) is 12.1 Å². The number of aliphatic carboxylic acids is 1. The normalized spacial score (nSPS) is 12.2. The summed E-state index contributed by atoms with van der Waals surface area (Å²) in [5.74, 6) is -1.41. The number of nitrogens with zero attached hydrogens (tertiary/aromatic N) is 2. The maximum Gasteiger partial charge on any atom is 0.334 e. The first kappa shape index (κ1) is 14.0. The van der Waals surface area contributed by atoms with Gasteiger partial charge in [0.15, 0.2) is 6.10 Å². The Morgan fingerprint density at radius 2 is 2.20 bits per heavy atom.